The number of hydrogen-bond acceptors (Lipinski definition) is 4. The van der Waals surface area contributed by atoms with Crippen LogP contribution in [0.25, 0.3) is 11.3 Å². The number of nitrogens with one attached hydrogen (secondary N) is 1. The molecule has 3 aromatic heterocycles. The third-order valence-electron chi connectivity index (χ3n) is 3.91. The van der Waals surface area contributed by atoms with Gasteiger partial charge in [-0.1, -0.05) is 17.7 Å². The molecule has 3 heterocycles. The Bertz CT molecular complexity index is 1130. The van der Waals surface area contributed by atoms with Crippen molar-refractivity contribution in [2.45, 2.75) is 13.8 Å². The normalized spacial score (nSPS) is 11.0. The molecular formula is C18H15ClN6O. The zero-order valence-corrected chi connectivity index (χ0v) is 14.9. The van der Waals surface area contributed by atoms with Crippen LogP contribution in [0.1, 0.15) is 21.9 Å². The highest BCUT2D eigenvalue weighted by molar-refractivity contribution is 6.37. The van der Waals surface area contributed by atoms with E-state index in [0.29, 0.717) is 11.3 Å². The molecule has 0 radical (unpaired) electrons. The highest BCUT2D eigenvalue weighted by Gasteiger charge is 2.19. The molecule has 0 aliphatic rings. The van der Waals surface area contributed by atoms with E-state index < -0.39 is 5.91 Å². The monoisotopic (exact) mass is 366 g/mol. The van der Waals surface area contributed by atoms with Crippen LogP contribution in [0.2, 0.25) is 5.02 Å². The summed E-state index contributed by atoms with van der Waals surface area (Å²) >= 11 is 6.25. The zero-order chi connectivity index (χ0) is 18.3. The maximum Gasteiger partial charge on any atom is 0.277 e. The van der Waals surface area contributed by atoms with Gasteiger partial charge in [-0.05, 0) is 44.2 Å². The number of fused-ring (bicyclic) bond motifs is 1. The SMILES string of the molecule is Cc1cc(C)n(-c2cccc(NC(=O)c3nn4cccnc4c3Cl)c2)n1. The summed E-state index contributed by atoms with van der Waals surface area (Å²) in [5.41, 5.74) is 4.00. The van der Waals surface area contributed by atoms with Gasteiger partial charge in [0.25, 0.3) is 5.91 Å². The fourth-order valence-corrected chi connectivity index (χ4v) is 3.06. The summed E-state index contributed by atoms with van der Waals surface area (Å²) < 4.78 is 3.30. The molecule has 130 valence electrons. The van der Waals surface area contributed by atoms with E-state index in [1.54, 1.807) is 24.5 Å². The molecule has 7 nitrogen and oxygen atoms in total. The number of hydrogen-bond donors (Lipinski definition) is 1. The number of carbonyl (C=O) groups is 1. The fourth-order valence-electron chi connectivity index (χ4n) is 2.80. The first-order chi connectivity index (χ1) is 12.5. The van der Waals surface area contributed by atoms with Gasteiger partial charge in [-0.3, -0.25) is 4.79 Å². The lowest BCUT2D eigenvalue weighted by Gasteiger charge is -2.08. The number of halogens is 1. The maximum absolute atomic E-state index is 12.6. The molecule has 26 heavy (non-hydrogen) atoms. The van der Waals surface area contributed by atoms with Gasteiger partial charge in [0.1, 0.15) is 5.02 Å². The molecule has 0 saturated carbocycles. The summed E-state index contributed by atoms with van der Waals surface area (Å²) in [4.78, 5) is 16.7. The van der Waals surface area contributed by atoms with Crippen LogP contribution in [0.5, 0.6) is 0 Å². The molecule has 4 rings (SSSR count). The molecule has 0 spiro atoms. The Morgan fingerprint density at radius 2 is 2.00 bits per heavy atom. The quantitative estimate of drug-likeness (QED) is 0.602. The topological polar surface area (TPSA) is 77.1 Å². The van der Waals surface area contributed by atoms with E-state index in [4.69, 9.17) is 11.6 Å². The predicted octanol–water partition coefficient (Wildman–Crippen LogP) is 3.44. The van der Waals surface area contributed by atoms with Crippen LogP contribution in [0.4, 0.5) is 5.69 Å². The second-order valence-electron chi connectivity index (χ2n) is 5.89. The summed E-state index contributed by atoms with van der Waals surface area (Å²) in [7, 11) is 0. The molecule has 4 aromatic rings. The van der Waals surface area contributed by atoms with E-state index in [9.17, 15) is 4.79 Å². The summed E-state index contributed by atoms with van der Waals surface area (Å²) in [5, 5.41) is 11.7. The van der Waals surface area contributed by atoms with Crippen LogP contribution in [0, 0.1) is 13.8 Å². The Balaban J connectivity index is 1.64. The zero-order valence-electron chi connectivity index (χ0n) is 14.1. The standard InChI is InChI=1S/C18H15ClN6O/c1-11-9-12(2)25(22-11)14-6-3-5-13(10-14)21-18(26)16-15(19)17-20-7-4-8-24(17)23-16/h3-10H,1-2H3,(H,21,26). The molecule has 8 heteroatoms. The van der Waals surface area contributed by atoms with Gasteiger partial charge in [-0.2, -0.15) is 10.2 Å². The predicted molar refractivity (Wildman–Crippen MR) is 99.0 cm³/mol. The van der Waals surface area contributed by atoms with Crippen molar-refractivity contribution in [1.82, 2.24) is 24.4 Å². The Labute approximate surface area is 154 Å². The molecule has 1 N–H and O–H groups in total. The van der Waals surface area contributed by atoms with E-state index >= 15 is 0 Å². The molecule has 0 unspecified atom stereocenters. The molecule has 0 aliphatic heterocycles. The van der Waals surface area contributed by atoms with Crippen LogP contribution >= 0.6 is 11.6 Å². The first kappa shape index (κ1) is 16.3. The second-order valence-corrected chi connectivity index (χ2v) is 6.27. The van der Waals surface area contributed by atoms with Crippen molar-refractivity contribution in [2.24, 2.45) is 0 Å². The Morgan fingerprint density at radius 1 is 1.15 bits per heavy atom. The first-order valence-corrected chi connectivity index (χ1v) is 8.34. The Morgan fingerprint density at radius 3 is 2.73 bits per heavy atom. The maximum atomic E-state index is 12.6. The lowest BCUT2D eigenvalue weighted by atomic mass is 10.2. The van der Waals surface area contributed by atoms with Gasteiger partial charge >= 0.3 is 0 Å². The third kappa shape index (κ3) is 2.82. The van der Waals surface area contributed by atoms with Gasteiger partial charge in [0, 0.05) is 23.8 Å². The van der Waals surface area contributed by atoms with Gasteiger partial charge in [0.2, 0.25) is 0 Å². The lowest BCUT2D eigenvalue weighted by Crippen LogP contribution is -2.13. The number of rotatable bonds is 3. The smallest absolute Gasteiger partial charge is 0.277 e. The molecule has 1 amide bonds. The minimum absolute atomic E-state index is 0.127. The van der Waals surface area contributed by atoms with Gasteiger partial charge < -0.3 is 5.32 Å². The molecular weight excluding hydrogens is 352 g/mol. The minimum Gasteiger partial charge on any atom is -0.320 e. The molecule has 0 saturated heterocycles. The largest absolute Gasteiger partial charge is 0.320 e. The molecule has 1 aromatic carbocycles. The van der Waals surface area contributed by atoms with Crippen molar-refractivity contribution in [1.29, 1.82) is 0 Å². The average molecular weight is 367 g/mol. The van der Waals surface area contributed by atoms with E-state index in [-0.39, 0.29) is 10.7 Å². The lowest BCUT2D eigenvalue weighted by molar-refractivity contribution is 0.102. The van der Waals surface area contributed by atoms with Crippen molar-refractivity contribution in [3.8, 4) is 5.69 Å². The highest BCUT2D eigenvalue weighted by atomic mass is 35.5. The molecule has 0 atom stereocenters. The van der Waals surface area contributed by atoms with Crippen molar-refractivity contribution < 1.29 is 4.79 Å². The van der Waals surface area contributed by atoms with E-state index in [1.807, 2.05) is 42.8 Å². The molecule has 0 fully saturated rings. The van der Waals surface area contributed by atoms with Crippen LogP contribution in [0.3, 0.4) is 0 Å². The molecule has 0 bridgehead atoms. The van der Waals surface area contributed by atoms with Crippen LogP contribution in [-0.2, 0) is 0 Å². The number of amides is 1. The third-order valence-corrected chi connectivity index (χ3v) is 4.26. The van der Waals surface area contributed by atoms with Crippen LogP contribution in [-0.4, -0.2) is 30.3 Å². The number of aryl methyl sites for hydroxylation is 2. The average Bonchev–Trinajstić information content (AvgIpc) is 3.15. The number of aromatic nitrogens is 5. The van der Waals surface area contributed by atoms with Crippen molar-refractivity contribution in [3.05, 3.63) is 70.9 Å². The summed E-state index contributed by atoms with van der Waals surface area (Å²) in [6, 6.07) is 11.1. The number of carbonyl (C=O) groups excluding carboxylic acids is 1. The van der Waals surface area contributed by atoms with E-state index in [1.165, 1.54) is 4.52 Å². The van der Waals surface area contributed by atoms with Gasteiger partial charge in [0.05, 0.1) is 11.4 Å². The van der Waals surface area contributed by atoms with Crippen LogP contribution < -0.4 is 5.32 Å². The first-order valence-electron chi connectivity index (χ1n) is 7.97. The summed E-state index contributed by atoms with van der Waals surface area (Å²) in [5.74, 6) is -0.397. The molecule has 0 aliphatic carbocycles. The Hall–Kier alpha value is -3.19. The number of benzene rings is 1. The highest BCUT2D eigenvalue weighted by Crippen LogP contribution is 2.22. The minimum atomic E-state index is -0.397. The van der Waals surface area contributed by atoms with Gasteiger partial charge in [-0.15, -0.1) is 0 Å². The Kier molecular flexibility index (Phi) is 3.93. The fraction of sp³-hybridized carbons (Fsp3) is 0.111. The van der Waals surface area contributed by atoms with Gasteiger partial charge in [0.15, 0.2) is 11.3 Å². The summed E-state index contributed by atoms with van der Waals surface area (Å²) in [6.45, 7) is 3.92. The van der Waals surface area contributed by atoms with Crippen molar-refractivity contribution in [2.75, 3.05) is 5.32 Å². The van der Waals surface area contributed by atoms with Crippen molar-refractivity contribution >= 4 is 28.8 Å². The summed E-state index contributed by atoms with van der Waals surface area (Å²) in [6.07, 6.45) is 3.29. The van der Waals surface area contributed by atoms with Crippen molar-refractivity contribution in [3.63, 3.8) is 0 Å². The van der Waals surface area contributed by atoms with Gasteiger partial charge in [-0.25, -0.2) is 14.2 Å². The number of anilines is 1. The van der Waals surface area contributed by atoms with E-state index in [2.05, 4.69) is 20.5 Å². The van der Waals surface area contributed by atoms with E-state index in [0.717, 1.165) is 17.1 Å². The second kappa shape index (κ2) is 6.27. The number of nitrogens with zero attached hydrogens (tertiary/aromatic N) is 5. The van der Waals surface area contributed by atoms with Crippen LogP contribution in [0.15, 0.2) is 48.8 Å².